The Hall–Kier alpha value is -2.45. The van der Waals surface area contributed by atoms with Gasteiger partial charge in [0.25, 0.3) is 5.91 Å². The molecule has 5 rings (SSSR count). The topological polar surface area (TPSA) is 88.0 Å². The van der Waals surface area contributed by atoms with Gasteiger partial charge in [-0.25, -0.2) is 4.98 Å². The van der Waals surface area contributed by atoms with Crippen LogP contribution in [0.1, 0.15) is 114 Å². The fourth-order valence-electron chi connectivity index (χ4n) is 7.39. The molecule has 3 fully saturated rings. The minimum Gasteiger partial charge on any atom is -0.363 e. The molecular formula is C33H51N5O3. The zero-order valence-corrected chi connectivity index (χ0v) is 25.1. The van der Waals surface area contributed by atoms with Crippen molar-refractivity contribution in [3.05, 3.63) is 36.3 Å². The number of likely N-dealkylation sites (tertiary alicyclic amines) is 1. The lowest BCUT2D eigenvalue weighted by Crippen LogP contribution is -2.61. The standard InChI is InChI=1S/C33H51N5O3/c1-2-41-31-28(14-19-33(36-31)17-8-5-3-4-6-9-18-33)32(40)37-22-15-26(16-23-37)11-7-10-20-35-30(39)27-12-13-29-34-21-24-38(29)25-27/h12-13,21,24-26,28,31,36H,2-11,14-20,22-23H2,1H3,(H,35,39). The van der Waals surface area contributed by atoms with Crippen LogP contribution in [-0.2, 0) is 9.53 Å². The number of carbonyl (C=O) groups is 2. The minimum atomic E-state index is -0.156. The van der Waals surface area contributed by atoms with E-state index in [1.165, 1.54) is 51.4 Å². The molecule has 0 radical (unpaired) electrons. The third-order valence-electron chi connectivity index (χ3n) is 9.87. The van der Waals surface area contributed by atoms with Crippen LogP contribution in [0.3, 0.4) is 0 Å². The maximum Gasteiger partial charge on any atom is 0.252 e. The molecule has 2 aromatic rings. The molecule has 2 amide bonds. The molecule has 0 bridgehead atoms. The van der Waals surface area contributed by atoms with E-state index < -0.39 is 0 Å². The Kier molecular flexibility index (Phi) is 10.7. The van der Waals surface area contributed by atoms with Gasteiger partial charge in [-0.15, -0.1) is 0 Å². The highest BCUT2D eigenvalue weighted by atomic mass is 16.5. The van der Waals surface area contributed by atoms with Crippen LogP contribution in [0.4, 0.5) is 0 Å². The smallest absolute Gasteiger partial charge is 0.252 e. The lowest BCUT2D eigenvalue weighted by molar-refractivity contribution is -0.149. The van der Waals surface area contributed by atoms with Gasteiger partial charge in [-0.3, -0.25) is 14.9 Å². The maximum absolute atomic E-state index is 13.7. The number of rotatable bonds is 9. The molecule has 1 spiro atoms. The Morgan fingerprint density at radius 3 is 2.54 bits per heavy atom. The highest BCUT2D eigenvalue weighted by Crippen LogP contribution is 2.37. The first-order valence-corrected chi connectivity index (χ1v) is 16.5. The van der Waals surface area contributed by atoms with E-state index in [-0.39, 0.29) is 23.6 Å². The number of fused-ring (bicyclic) bond motifs is 1. The normalized spacial score (nSPS) is 24.1. The van der Waals surface area contributed by atoms with Crippen molar-refractivity contribution in [2.75, 3.05) is 26.2 Å². The summed E-state index contributed by atoms with van der Waals surface area (Å²) < 4.78 is 8.07. The molecule has 1 aliphatic carbocycles. The summed E-state index contributed by atoms with van der Waals surface area (Å²) in [6, 6.07) is 3.69. The van der Waals surface area contributed by atoms with Crippen LogP contribution in [0.15, 0.2) is 30.7 Å². The van der Waals surface area contributed by atoms with E-state index in [0.29, 0.717) is 30.5 Å². The number of carbonyl (C=O) groups excluding carboxylic acids is 2. The van der Waals surface area contributed by atoms with Crippen molar-refractivity contribution in [1.82, 2.24) is 24.9 Å². The third-order valence-corrected chi connectivity index (χ3v) is 9.87. The first-order valence-electron chi connectivity index (χ1n) is 16.5. The van der Waals surface area contributed by atoms with Gasteiger partial charge in [0.05, 0.1) is 11.5 Å². The molecule has 2 saturated heterocycles. The molecule has 3 aliphatic rings. The summed E-state index contributed by atoms with van der Waals surface area (Å²) in [6.07, 6.45) is 23.1. The summed E-state index contributed by atoms with van der Waals surface area (Å²) in [4.78, 5) is 32.5. The Morgan fingerprint density at radius 2 is 1.78 bits per heavy atom. The minimum absolute atomic E-state index is 0.0362. The van der Waals surface area contributed by atoms with E-state index in [0.717, 1.165) is 63.7 Å². The van der Waals surface area contributed by atoms with E-state index in [4.69, 9.17) is 4.74 Å². The zero-order valence-electron chi connectivity index (χ0n) is 25.1. The number of aromatic nitrogens is 2. The lowest BCUT2D eigenvalue weighted by atomic mass is 9.76. The number of pyridine rings is 1. The number of nitrogens with zero attached hydrogens (tertiary/aromatic N) is 3. The summed E-state index contributed by atoms with van der Waals surface area (Å²) in [5.41, 5.74) is 1.65. The van der Waals surface area contributed by atoms with Crippen LogP contribution < -0.4 is 10.6 Å². The molecule has 2 aliphatic heterocycles. The van der Waals surface area contributed by atoms with Crippen molar-refractivity contribution in [2.45, 2.75) is 115 Å². The van der Waals surface area contributed by atoms with Crippen LogP contribution in [0.25, 0.3) is 5.65 Å². The van der Waals surface area contributed by atoms with Crippen molar-refractivity contribution in [3.63, 3.8) is 0 Å². The quantitative estimate of drug-likeness (QED) is 0.381. The van der Waals surface area contributed by atoms with Crippen molar-refractivity contribution < 1.29 is 14.3 Å². The number of imidazole rings is 1. The molecule has 8 nitrogen and oxygen atoms in total. The van der Waals surface area contributed by atoms with Gasteiger partial charge in [0.15, 0.2) is 0 Å². The summed E-state index contributed by atoms with van der Waals surface area (Å²) >= 11 is 0. The number of piperidine rings is 2. The Bertz CT molecular complexity index is 1120. The van der Waals surface area contributed by atoms with E-state index in [1.54, 1.807) is 6.20 Å². The molecule has 41 heavy (non-hydrogen) atoms. The lowest BCUT2D eigenvalue weighted by Gasteiger charge is -2.47. The van der Waals surface area contributed by atoms with Gasteiger partial charge in [0.1, 0.15) is 11.9 Å². The fourth-order valence-corrected chi connectivity index (χ4v) is 7.39. The number of nitrogens with one attached hydrogen (secondary N) is 2. The van der Waals surface area contributed by atoms with Crippen molar-refractivity contribution >= 4 is 17.5 Å². The second-order valence-electron chi connectivity index (χ2n) is 12.7. The molecule has 2 atom stereocenters. The average Bonchev–Trinajstić information content (AvgIpc) is 3.50. The van der Waals surface area contributed by atoms with Crippen molar-refractivity contribution in [2.24, 2.45) is 11.8 Å². The first kappa shape index (κ1) is 30.0. The van der Waals surface area contributed by atoms with Gasteiger partial charge in [0, 0.05) is 50.4 Å². The van der Waals surface area contributed by atoms with Crippen molar-refractivity contribution in [3.8, 4) is 0 Å². The highest BCUT2D eigenvalue weighted by Gasteiger charge is 2.44. The Morgan fingerprint density at radius 1 is 1.02 bits per heavy atom. The van der Waals surface area contributed by atoms with Crippen LogP contribution >= 0.6 is 0 Å². The third kappa shape index (κ3) is 7.89. The molecule has 2 unspecified atom stereocenters. The first-order chi connectivity index (χ1) is 20.1. The SMILES string of the molecule is CCOC1NC2(CCCCCCCC2)CCC1C(=O)N1CCC(CCCCNC(=O)c2ccc3nccn3c2)CC1. The van der Waals surface area contributed by atoms with E-state index in [9.17, 15) is 9.59 Å². The number of unbranched alkanes of at least 4 members (excludes halogenated alkanes) is 1. The summed E-state index contributed by atoms with van der Waals surface area (Å²) in [6.45, 7) is 5.09. The van der Waals surface area contributed by atoms with Gasteiger partial charge in [-0.05, 0) is 69.9 Å². The van der Waals surface area contributed by atoms with Crippen LogP contribution in [-0.4, -0.2) is 64.1 Å². The van der Waals surface area contributed by atoms with Gasteiger partial charge in [0.2, 0.25) is 5.91 Å². The Balaban J connectivity index is 1.02. The van der Waals surface area contributed by atoms with Gasteiger partial charge in [-0.2, -0.15) is 0 Å². The van der Waals surface area contributed by atoms with Gasteiger partial charge < -0.3 is 19.4 Å². The number of amides is 2. The molecule has 0 aromatic carbocycles. The maximum atomic E-state index is 13.7. The van der Waals surface area contributed by atoms with Gasteiger partial charge in [-0.1, -0.05) is 51.4 Å². The van der Waals surface area contributed by atoms with Crippen molar-refractivity contribution in [1.29, 1.82) is 0 Å². The largest absolute Gasteiger partial charge is 0.363 e. The van der Waals surface area contributed by atoms with Gasteiger partial charge >= 0.3 is 0 Å². The second kappa shape index (κ2) is 14.6. The molecule has 2 N–H and O–H groups in total. The van der Waals surface area contributed by atoms with Crippen LogP contribution in [0.2, 0.25) is 0 Å². The monoisotopic (exact) mass is 565 g/mol. The Labute approximate surface area is 246 Å². The molecule has 2 aromatic heterocycles. The van der Waals surface area contributed by atoms with E-state index in [1.807, 2.05) is 35.9 Å². The molecule has 8 heteroatoms. The van der Waals surface area contributed by atoms with Crippen LogP contribution in [0.5, 0.6) is 0 Å². The summed E-state index contributed by atoms with van der Waals surface area (Å²) in [5.74, 6) is 0.852. The van der Waals surface area contributed by atoms with E-state index in [2.05, 4.69) is 20.5 Å². The second-order valence-corrected chi connectivity index (χ2v) is 12.7. The average molecular weight is 566 g/mol. The summed E-state index contributed by atoms with van der Waals surface area (Å²) in [7, 11) is 0. The predicted octanol–water partition coefficient (Wildman–Crippen LogP) is 5.71. The number of hydrogen-bond acceptors (Lipinski definition) is 5. The van der Waals surface area contributed by atoms with E-state index >= 15 is 0 Å². The summed E-state index contributed by atoms with van der Waals surface area (Å²) in [5, 5.41) is 6.96. The molecule has 4 heterocycles. The number of hydrogen-bond donors (Lipinski definition) is 2. The molecular weight excluding hydrogens is 514 g/mol. The fraction of sp³-hybridized carbons (Fsp3) is 0.727. The van der Waals surface area contributed by atoms with Crippen LogP contribution in [0, 0.1) is 11.8 Å². The zero-order chi connectivity index (χ0) is 28.5. The highest BCUT2D eigenvalue weighted by molar-refractivity contribution is 5.94. The predicted molar refractivity (Wildman–Crippen MR) is 162 cm³/mol. The molecule has 226 valence electrons. The molecule has 1 saturated carbocycles. The number of ether oxygens (including phenoxy) is 1.